The molecule has 0 saturated carbocycles. The van der Waals surface area contributed by atoms with E-state index in [2.05, 4.69) is 20.1 Å². The predicted octanol–water partition coefficient (Wildman–Crippen LogP) is 2.55. The van der Waals surface area contributed by atoms with Crippen LogP contribution in [0.2, 0.25) is 5.02 Å². The lowest BCUT2D eigenvalue weighted by molar-refractivity contribution is -0.120. The highest BCUT2D eigenvalue weighted by atomic mass is 35.5. The van der Waals surface area contributed by atoms with E-state index in [-0.39, 0.29) is 17.1 Å². The number of amides is 1. The second-order valence-electron chi connectivity index (χ2n) is 7.01. The Hall–Kier alpha value is -2.38. The molecule has 2 atom stereocenters. The molecule has 1 fully saturated rings. The van der Waals surface area contributed by atoms with Crippen molar-refractivity contribution in [3.63, 3.8) is 0 Å². The first-order valence-corrected chi connectivity index (χ1v) is 11.8. The van der Waals surface area contributed by atoms with E-state index < -0.39 is 34.0 Å². The lowest BCUT2D eigenvalue weighted by Gasteiger charge is -2.35. The average molecular weight is 485 g/mol. The van der Waals surface area contributed by atoms with E-state index in [1.807, 2.05) is 11.4 Å². The van der Waals surface area contributed by atoms with E-state index in [1.54, 1.807) is 11.7 Å². The monoisotopic (exact) mass is 484 g/mol. The van der Waals surface area contributed by atoms with Gasteiger partial charge in [-0.3, -0.25) is 4.79 Å². The first kappa shape index (κ1) is 21.8. The van der Waals surface area contributed by atoms with Crippen molar-refractivity contribution >= 4 is 44.7 Å². The largest absolute Gasteiger partial charge is 0.325 e. The summed E-state index contributed by atoms with van der Waals surface area (Å²) in [6, 6.07) is 4.03. The summed E-state index contributed by atoms with van der Waals surface area (Å²) in [5, 5.41) is 8.37. The van der Waals surface area contributed by atoms with Crippen molar-refractivity contribution in [1.82, 2.24) is 23.8 Å². The fourth-order valence-corrected chi connectivity index (χ4v) is 5.78. The van der Waals surface area contributed by atoms with Crippen LogP contribution in [0.25, 0.3) is 11.4 Å². The third-order valence-electron chi connectivity index (χ3n) is 4.99. The number of carbonyl (C=O) groups is 1. The number of thiophene rings is 1. The van der Waals surface area contributed by atoms with E-state index in [0.29, 0.717) is 5.82 Å². The molecule has 1 aliphatic rings. The summed E-state index contributed by atoms with van der Waals surface area (Å²) in [4.78, 5) is 17.8. The molecule has 0 aliphatic carbocycles. The minimum atomic E-state index is -3.90. The van der Waals surface area contributed by atoms with Gasteiger partial charge in [-0.1, -0.05) is 11.6 Å². The molecule has 1 saturated heterocycles. The lowest BCUT2D eigenvalue weighted by atomic mass is 10.0. The average Bonchev–Trinajstić information content (AvgIpc) is 3.35. The molecule has 9 nitrogen and oxygen atoms in total. The third kappa shape index (κ3) is 4.34. The number of likely N-dealkylation sites (N-methyl/N-ethyl adjacent to an activating group) is 1. The van der Waals surface area contributed by atoms with E-state index in [1.165, 1.54) is 36.8 Å². The van der Waals surface area contributed by atoms with Crippen molar-refractivity contribution in [2.24, 2.45) is 7.05 Å². The van der Waals surface area contributed by atoms with Gasteiger partial charge in [0.15, 0.2) is 5.82 Å². The Morgan fingerprint density at radius 2 is 2.13 bits per heavy atom. The summed E-state index contributed by atoms with van der Waals surface area (Å²) in [5.74, 6) is -0.496. The Labute approximate surface area is 187 Å². The number of benzene rings is 1. The van der Waals surface area contributed by atoms with Gasteiger partial charge in [0.25, 0.3) is 10.2 Å². The van der Waals surface area contributed by atoms with Crippen molar-refractivity contribution in [2.45, 2.75) is 18.5 Å². The molecule has 0 spiro atoms. The molecule has 0 radical (unpaired) electrons. The fourth-order valence-electron chi connectivity index (χ4n) is 3.31. The van der Waals surface area contributed by atoms with Crippen molar-refractivity contribution in [2.75, 3.05) is 12.4 Å². The van der Waals surface area contributed by atoms with Gasteiger partial charge < -0.3 is 5.32 Å². The highest BCUT2D eigenvalue weighted by molar-refractivity contribution is 7.87. The van der Waals surface area contributed by atoms with Crippen LogP contribution in [0.4, 0.5) is 10.1 Å². The normalized spacial score (nSPS) is 21.2. The summed E-state index contributed by atoms with van der Waals surface area (Å²) < 4.78 is 43.9. The van der Waals surface area contributed by atoms with Gasteiger partial charge in [-0.2, -0.15) is 22.5 Å². The van der Waals surface area contributed by atoms with Gasteiger partial charge in [-0.15, -0.1) is 11.3 Å². The molecule has 1 aliphatic heterocycles. The van der Waals surface area contributed by atoms with E-state index in [0.717, 1.165) is 20.8 Å². The Morgan fingerprint density at radius 1 is 1.35 bits per heavy atom. The summed E-state index contributed by atoms with van der Waals surface area (Å²) in [6.07, 6.45) is 1.64. The molecule has 2 aromatic heterocycles. The van der Waals surface area contributed by atoms with Crippen LogP contribution in [0.5, 0.6) is 0 Å². The van der Waals surface area contributed by atoms with E-state index >= 15 is 0 Å². The second kappa shape index (κ2) is 8.28. The van der Waals surface area contributed by atoms with Crippen LogP contribution in [0.3, 0.4) is 0 Å². The number of halogens is 2. The highest BCUT2D eigenvalue weighted by Gasteiger charge is 2.41. The van der Waals surface area contributed by atoms with Crippen LogP contribution in [0.15, 0.2) is 36.0 Å². The number of nitrogens with one attached hydrogen (secondary N) is 2. The topological polar surface area (TPSA) is 109 Å². The molecular weight excluding hydrogens is 467 g/mol. The Bertz CT molecular complexity index is 1240. The molecule has 3 heterocycles. The Kier molecular flexibility index (Phi) is 5.83. The summed E-state index contributed by atoms with van der Waals surface area (Å²) >= 11 is 7.13. The van der Waals surface area contributed by atoms with Crippen LogP contribution < -0.4 is 10.0 Å². The van der Waals surface area contributed by atoms with Gasteiger partial charge in [0.05, 0.1) is 11.1 Å². The van der Waals surface area contributed by atoms with Gasteiger partial charge >= 0.3 is 0 Å². The maximum atomic E-state index is 13.4. The minimum absolute atomic E-state index is 0.142. The van der Waals surface area contributed by atoms with Crippen LogP contribution in [-0.2, 0) is 22.1 Å². The zero-order valence-corrected chi connectivity index (χ0v) is 18.8. The zero-order chi connectivity index (χ0) is 22.3. The molecule has 2 unspecified atom stereocenters. The van der Waals surface area contributed by atoms with E-state index in [9.17, 15) is 17.6 Å². The smallest absolute Gasteiger partial charge is 0.280 e. The fraction of sp³-hybridized carbons (Fsp3) is 0.278. The van der Waals surface area contributed by atoms with Gasteiger partial charge in [-0.05, 0) is 30.7 Å². The molecule has 13 heteroatoms. The number of aryl methyl sites for hydroxylation is 1. The van der Waals surface area contributed by atoms with Crippen LogP contribution in [0, 0.1) is 5.82 Å². The maximum Gasteiger partial charge on any atom is 0.280 e. The second-order valence-corrected chi connectivity index (χ2v) is 10.1. The van der Waals surface area contributed by atoms with Crippen molar-refractivity contribution in [1.29, 1.82) is 0 Å². The number of nitrogens with zero attached hydrogens (tertiary/aromatic N) is 4. The number of anilines is 1. The highest BCUT2D eigenvalue weighted by Crippen LogP contribution is 2.34. The molecule has 164 valence electrons. The van der Waals surface area contributed by atoms with Gasteiger partial charge in [0.2, 0.25) is 5.91 Å². The molecule has 31 heavy (non-hydrogen) atoms. The summed E-state index contributed by atoms with van der Waals surface area (Å²) in [6.45, 7) is 0. The quantitative estimate of drug-likeness (QED) is 0.591. The lowest BCUT2D eigenvalue weighted by Crippen LogP contribution is -2.55. The van der Waals surface area contributed by atoms with Crippen LogP contribution in [-0.4, -0.2) is 46.5 Å². The number of aromatic nitrogens is 3. The van der Waals surface area contributed by atoms with Gasteiger partial charge in [-0.25, -0.2) is 14.1 Å². The molecular formula is C18H18ClFN6O3S2. The number of hydrogen-bond donors (Lipinski definition) is 2. The number of carbonyl (C=O) groups excluding carboxylic acids is 1. The van der Waals surface area contributed by atoms with Crippen molar-refractivity contribution in [3.8, 4) is 11.4 Å². The number of rotatable bonds is 4. The molecule has 2 N–H and O–H groups in total. The van der Waals surface area contributed by atoms with Crippen LogP contribution >= 0.6 is 22.9 Å². The Balaban J connectivity index is 1.58. The summed E-state index contributed by atoms with van der Waals surface area (Å²) in [5.41, 5.74) is 1.08. The van der Waals surface area contributed by atoms with Crippen LogP contribution in [0.1, 0.15) is 17.3 Å². The van der Waals surface area contributed by atoms with Gasteiger partial charge in [0.1, 0.15) is 18.2 Å². The molecule has 0 bridgehead atoms. The zero-order valence-electron chi connectivity index (χ0n) is 16.4. The maximum absolute atomic E-state index is 13.4. The third-order valence-corrected chi connectivity index (χ3v) is 7.92. The predicted molar refractivity (Wildman–Crippen MR) is 115 cm³/mol. The first-order valence-electron chi connectivity index (χ1n) is 9.09. The molecule has 3 aromatic rings. The first-order chi connectivity index (χ1) is 14.7. The number of hydrogen-bond acceptors (Lipinski definition) is 6. The van der Waals surface area contributed by atoms with Gasteiger partial charge in [0, 0.05) is 35.6 Å². The molecule has 4 rings (SSSR count). The Morgan fingerprint density at radius 3 is 2.81 bits per heavy atom. The molecule has 1 aromatic carbocycles. The molecule has 1 amide bonds. The van der Waals surface area contributed by atoms with E-state index in [4.69, 9.17) is 11.6 Å². The summed E-state index contributed by atoms with van der Waals surface area (Å²) in [7, 11) is -0.806. The minimum Gasteiger partial charge on any atom is -0.325 e. The van der Waals surface area contributed by atoms with Crippen molar-refractivity contribution in [3.05, 3.63) is 51.7 Å². The SMILES string of the molecule is CN1C(C(=O)Nc2ccc(F)c(Cl)c2)CC(c2cc(-c3ncnn3C)cs2)NS1(=O)=O. The standard InChI is InChI=1S/C18H18ClFN6O3S2/c1-25-17(21-9-22-25)10-5-16(30-8-10)14-7-15(26(2)31(28,29)24-14)18(27)23-11-3-4-13(20)12(19)6-11/h3-6,8-9,14-15,24H,7H2,1-2H3,(H,23,27). The van der Waals surface area contributed by atoms with Crippen molar-refractivity contribution < 1.29 is 17.6 Å².